The van der Waals surface area contributed by atoms with Crippen LogP contribution in [0.4, 0.5) is 0 Å². The molecule has 2 amide bonds. The molecule has 0 radical (unpaired) electrons. The van der Waals surface area contributed by atoms with Crippen LogP contribution in [0.25, 0.3) is 6.08 Å². The van der Waals surface area contributed by atoms with Crippen LogP contribution in [0.3, 0.4) is 0 Å². The van der Waals surface area contributed by atoms with Crippen molar-refractivity contribution >= 4 is 30.1 Å². The summed E-state index contributed by atoms with van der Waals surface area (Å²) in [5.74, 6) is -2.08. The van der Waals surface area contributed by atoms with Crippen LogP contribution in [0.15, 0.2) is 108 Å². The Labute approximate surface area is 190 Å². The Morgan fingerprint density at radius 2 is 1.39 bits per heavy atom. The third-order valence-electron chi connectivity index (χ3n) is 4.42. The van der Waals surface area contributed by atoms with Gasteiger partial charge in [0.15, 0.2) is 0 Å². The molecular weight excluding hydrogens is 418 g/mol. The molecule has 3 aromatic rings. The number of carbonyl (C=O) groups excluding carboxylic acids is 2. The zero-order valence-corrected chi connectivity index (χ0v) is 17.5. The van der Waals surface area contributed by atoms with Gasteiger partial charge in [-0.3, -0.25) is 9.59 Å². The van der Waals surface area contributed by atoms with E-state index in [0.717, 1.165) is 5.56 Å². The van der Waals surface area contributed by atoms with Crippen molar-refractivity contribution in [2.45, 2.75) is 0 Å². The number of nitrogens with one attached hydrogen (secondary N) is 2. The van der Waals surface area contributed by atoms with E-state index in [4.69, 9.17) is 5.11 Å². The fourth-order valence-corrected chi connectivity index (χ4v) is 2.72. The summed E-state index contributed by atoms with van der Waals surface area (Å²) in [4.78, 5) is 36.1. The highest BCUT2D eigenvalue weighted by atomic mass is 16.4. The number of hydrogen-bond acceptors (Lipinski definition) is 4. The molecule has 3 N–H and O–H groups in total. The van der Waals surface area contributed by atoms with Crippen molar-refractivity contribution in [3.8, 4) is 0 Å². The smallest absolute Gasteiger partial charge is 0.335 e. The van der Waals surface area contributed by atoms with Crippen molar-refractivity contribution in [2.75, 3.05) is 0 Å². The van der Waals surface area contributed by atoms with E-state index in [-0.39, 0.29) is 11.3 Å². The van der Waals surface area contributed by atoms with Gasteiger partial charge in [0.2, 0.25) is 0 Å². The summed E-state index contributed by atoms with van der Waals surface area (Å²) in [5.41, 5.74) is 4.47. The van der Waals surface area contributed by atoms with E-state index in [1.807, 2.05) is 30.3 Å². The number of nitrogens with zero attached hydrogens (tertiary/aromatic N) is 1. The summed E-state index contributed by atoms with van der Waals surface area (Å²) in [6.45, 7) is 0. The number of hydrogen-bond donors (Lipinski definition) is 3. The lowest BCUT2D eigenvalue weighted by Gasteiger charge is -2.08. The number of amides is 2. The molecule has 164 valence electrons. The number of benzene rings is 3. The van der Waals surface area contributed by atoms with Crippen LogP contribution in [-0.2, 0) is 4.79 Å². The first kappa shape index (κ1) is 22.9. The van der Waals surface area contributed by atoms with Gasteiger partial charge in [0, 0.05) is 5.56 Å². The summed E-state index contributed by atoms with van der Waals surface area (Å²) in [6, 6.07) is 24.0. The molecule has 0 aliphatic heterocycles. The van der Waals surface area contributed by atoms with Gasteiger partial charge in [0.1, 0.15) is 5.70 Å². The molecule has 0 aliphatic rings. The number of carbonyl (C=O) groups is 3. The number of hydrazone groups is 1. The zero-order valence-electron chi connectivity index (χ0n) is 17.5. The van der Waals surface area contributed by atoms with Crippen molar-refractivity contribution in [1.29, 1.82) is 0 Å². The predicted octanol–water partition coefficient (Wildman–Crippen LogP) is 3.86. The maximum atomic E-state index is 12.7. The average Bonchev–Trinajstić information content (AvgIpc) is 2.84. The van der Waals surface area contributed by atoms with Crippen molar-refractivity contribution in [2.24, 2.45) is 5.10 Å². The molecule has 0 fully saturated rings. The van der Waals surface area contributed by atoms with Gasteiger partial charge in [-0.2, -0.15) is 5.10 Å². The second-order valence-electron chi connectivity index (χ2n) is 6.80. The number of allylic oxidation sites excluding steroid dienone is 2. The first-order valence-corrected chi connectivity index (χ1v) is 9.99. The Morgan fingerprint density at radius 1 is 0.758 bits per heavy atom. The van der Waals surface area contributed by atoms with Gasteiger partial charge in [-0.05, 0) is 41.5 Å². The van der Waals surface area contributed by atoms with Crippen LogP contribution in [0.1, 0.15) is 31.8 Å². The van der Waals surface area contributed by atoms with Crippen LogP contribution < -0.4 is 10.7 Å². The van der Waals surface area contributed by atoms with E-state index in [9.17, 15) is 14.4 Å². The summed E-state index contributed by atoms with van der Waals surface area (Å²) in [7, 11) is 0. The van der Waals surface area contributed by atoms with Gasteiger partial charge in [-0.25, -0.2) is 10.2 Å². The standard InChI is InChI=1S/C26H21N3O4/c30-24(21-11-5-2-6-12-21)28-23(13-7-10-19-8-3-1-4-9-19)25(31)29-27-18-20-14-16-22(17-15-20)26(32)33/h1-18H,(H,28,30)(H,29,31)(H,32,33)/b10-7+,23-13+,27-18-. The van der Waals surface area contributed by atoms with Crippen LogP contribution in [0.2, 0.25) is 0 Å². The lowest BCUT2D eigenvalue weighted by Crippen LogP contribution is -2.32. The molecule has 0 saturated heterocycles. The molecule has 0 atom stereocenters. The van der Waals surface area contributed by atoms with Crippen molar-refractivity contribution in [1.82, 2.24) is 10.7 Å². The third kappa shape index (κ3) is 7.15. The fraction of sp³-hybridized carbons (Fsp3) is 0. The van der Waals surface area contributed by atoms with Gasteiger partial charge >= 0.3 is 5.97 Å². The molecule has 0 bridgehead atoms. The number of rotatable bonds is 8. The van der Waals surface area contributed by atoms with Gasteiger partial charge in [-0.15, -0.1) is 0 Å². The van der Waals surface area contributed by atoms with E-state index in [1.54, 1.807) is 54.6 Å². The van der Waals surface area contributed by atoms with Crippen LogP contribution in [-0.4, -0.2) is 29.1 Å². The molecule has 0 heterocycles. The molecule has 0 spiro atoms. The zero-order chi connectivity index (χ0) is 23.5. The highest BCUT2D eigenvalue weighted by molar-refractivity contribution is 6.03. The molecule has 0 saturated carbocycles. The topological polar surface area (TPSA) is 108 Å². The van der Waals surface area contributed by atoms with Gasteiger partial charge < -0.3 is 10.4 Å². The largest absolute Gasteiger partial charge is 0.478 e. The van der Waals surface area contributed by atoms with Crippen LogP contribution in [0, 0.1) is 0 Å². The maximum Gasteiger partial charge on any atom is 0.335 e. The van der Waals surface area contributed by atoms with E-state index in [1.165, 1.54) is 24.4 Å². The predicted molar refractivity (Wildman–Crippen MR) is 127 cm³/mol. The van der Waals surface area contributed by atoms with Crippen molar-refractivity contribution in [3.05, 3.63) is 125 Å². The Morgan fingerprint density at radius 3 is 2.03 bits per heavy atom. The quantitative estimate of drug-likeness (QED) is 0.214. The highest BCUT2D eigenvalue weighted by Gasteiger charge is 2.13. The Hall–Kier alpha value is -4.78. The normalized spacial score (nSPS) is 11.5. The molecule has 0 unspecified atom stereocenters. The molecule has 3 aromatic carbocycles. The molecule has 0 aromatic heterocycles. The summed E-state index contributed by atoms with van der Waals surface area (Å²) < 4.78 is 0. The van der Waals surface area contributed by atoms with Gasteiger partial charge in [0.05, 0.1) is 11.8 Å². The number of aromatic carboxylic acids is 1. The van der Waals surface area contributed by atoms with Crippen molar-refractivity contribution < 1.29 is 19.5 Å². The number of carboxylic acid groups (broad SMARTS) is 1. The molecular formula is C26H21N3O4. The molecule has 33 heavy (non-hydrogen) atoms. The lowest BCUT2D eigenvalue weighted by molar-refractivity contribution is -0.117. The molecule has 7 nitrogen and oxygen atoms in total. The monoisotopic (exact) mass is 439 g/mol. The van der Waals surface area contributed by atoms with E-state index >= 15 is 0 Å². The molecule has 3 rings (SSSR count). The second-order valence-corrected chi connectivity index (χ2v) is 6.80. The minimum absolute atomic E-state index is 0.00871. The minimum atomic E-state index is -1.03. The molecule has 0 aliphatic carbocycles. The van der Waals surface area contributed by atoms with Crippen LogP contribution in [0.5, 0.6) is 0 Å². The average molecular weight is 439 g/mol. The van der Waals surface area contributed by atoms with Crippen LogP contribution >= 0.6 is 0 Å². The van der Waals surface area contributed by atoms with Gasteiger partial charge in [0.25, 0.3) is 11.8 Å². The minimum Gasteiger partial charge on any atom is -0.478 e. The van der Waals surface area contributed by atoms with Gasteiger partial charge in [-0.1, -0.05) is 72.8 Å². The maximum absolute atomic E-state index is 12.7. The highest BCUT2D eigenvalue weighted by Crippen LogP contribution is 2.05. The fourth-order valence-electron chi connectivity index (χ4n) is 2.72. The van der Waals surface area contributed by atoms with Crippen molar-refractivity contribution in [3.63, 3.8) is 0 Å². The van der Waals surface area contributed by atoms with E-state index < -0.39 is 17.8 Å². The summed E-state index contributed by atoms with van der Waals surface area (Å²) in [5, 5.41) is 15.4. The second kappa shape index (κ2) is 11.6. The summed E-state index contributed by atoms with van der Waals surface area (Å²) in [6.07, 6.45) is 6.32. The molecule has 7 heteroatoms. The Kier molecular flexibility index (Phi) is 8.03. The Bertz CT molecular complexity index is 1200. The van der Waals surface area contributed by atoms with E-state index in [0.29, 0.717) is 11.1 Å². The lowest BCUT2D eigenvalue weighted by atomic mass is 10.1. The third-order valence-corrected chi connectivity index (χ3v) is 4.42. The van der Waals surface area contributed by atoms with E-state index in [2.05, 4.69) is 15.8 Å². The summed E-state index contributed by atoms with van der Waals surface area (Å²) >= 11 is 0. The SMILES string of the molecule is O=C(N/N=C\c1ccc(C(=O)O)cc1)/C(=C\C=C\c1ccccc1)NC(=O)c1ccccc1. The first-order chi connectivity index (χ1) is 16.0. The Balaban J connectivity index is 1.73. The first-order valence-electron chi connectivity index (χ1n) is 9.99. The number of carboxylic acids is 1.